The lowest BCUT2D eigenvalue weighted by Crippen LogP contribution is -2.59. The number of carbonyl (C=O) groups excluding carboxylic acids is 2. The van der Waals surface area contributed by atoms with Crippen LogP contribution in [0.25, 0.3) is 0 Å². The molecule has 7 nitrogen and oxygen atoms in total. The van der Waals surface area contributed by atoms with Crippen LogP contribution in [-0.4, -0.2) is 45.3 Å². The highest BCUT2D eigenvalue weighted by molar-refractivity contribution is 7.87. The van der Waals surface area contributed by atoms with Gasteiger partial charge in [-0.25, -0.2) is 9.59 Å². The first-order valence-electron chi connectivity index (χ1n) is 8.90. The van der Waals surface area contributed by atoms with Gasteiger partial charge in [0.25, 0.3) is 0 Å². The highest BCUT2D eigenvalue weighted by Crippen LogP contribution is 2.45. The van der Waals surface area contributed by atoms with Gasteiger partial charge in [0.2, 0.25) is 0 Å². The van der Waals surface area contributed by atoms with Crippen LogP contribution in [-0.2, 0) is 20.3 Å². The van der Waals surface area contributed by atoms with Gasteiger partial charge < -0.3 is 9.47 Å². The van der Waals surface area contributed by atoms with E-state index in [0.717, 1.165) is 6.42 Å². The zero-order valence-electron chi connectivity index (χ0n) is 16.2. The average Bonchev–Trinajstić information content (AvgIpc) is 2.92. The van der Waals surface area contributed by atoms with Crippen LogP contribution in [0.4, 0.5) is 4.79 Å². The van der Waals surface area contributed by atoms with Crippen LogP contribution in [0.15, 0.2) is 11.1 Å². The van der Waals surface area contributed by atoms with Gasteiger partial charge >= 0.3 is 12.1 Å². The molecule has 1 aliphatic carbocycles. The van der Waals surface area contributed by atoms with E-state index in [2.05, 4.69) is 5.32 Å². The second-order valence-corrected chi connectivity index (χ2v) is 11.1. The zero-order valence-corrected chi connectivity index (χ0v) is 18.6. The molecule has 154 valence electrons. The highest BCUT2D eigenvalue weighted by Gasteiger charge is 2.51. The number of rotatable bonds is 2. The summed E-state index contributed by atoms with van der Waals surface area (Å²) in [7, 11) is 0.0606. The van der Waals surface area contributed by atoms with Crippen molar-refractivity contribution in [3.8, 4) is 0 Å². The lowest BCUT2D eigenvalue weighted by molar-refractivity contribution is 0.0557. The number of ether oxygens (including phenoxy) is 2. The van der Waals surface area contributed by atoms with E-state index in [4.69, 9.17) is 26.1 Å². The maximum Gasteiger partial charge on any atom is 0.413 e. The number of carbonyl (C=O) groups is 2. The van der Waals surface area contributed by atoms with E-state index in [1.807, 2.05) is 0 Å². The molecule has 2 aliphatic rings. The number of halogens is 1. The van der Waals surface area contributed by atoms with E-state index in [9.17, 15) is 13.8 Å². The van der Waals surface area contributed by atoms with Gasteiger partial charge in [0.05, 0.1) is 23.9 Å². The largest absolute Gasteiger partial charge is 0.465 e. The van der Waals surface area contributed by atoms with Crippen molar-refractivity contribution in [3.63, 3.8) is 0 Å². The first kappa shape index (κ1) is 21.3. The summed E-state index contributed by atoms with van der Waals surface area (Å²) in [5.74, 6) is 0.189. The van der Waals surface area contributed by atoms with Crippen LogP contribution < -0.4 is 5.32 Å². The maximum atomic E-state index is 13.1. The highest BCUT2D eigenvalue weighted by atomic mass is 35.5. The number of thiophene rings is 1. The normalized spacial score (nSPS) is 23.5. The average molecular weight is 447 g/mol. The van der Waals surface area contributed by atoms with Gasteiger partial charge in [-0.3, -0.25) is 14.5 Å². The summed E-state index contributed by atoms with van der Waals surface area (Å²) in [6.07, 6.45) is 1.71. The summed E-state index contributed by atoms with van der Waals surface area (Å²) >= 11 is 7.47. The van der Waals surface area contributed by atoms with E-state index >= 15 is 0 Å². The summed E-state index contributed by atoms with van der Waals surface area (Å²) < 4.78 is 22.5. The Labute approximate surface area is 175 Å². The van der Waals surface area contributed by atoms with Gasteiger partial charge in [-0.2, -0.15) is 0 Å². The second kappa shape index (κ2) is 7.76. The monoisotopic (exact) mass is 446 g/mol. The van der Waals surface area contributed by atoms with Crippen molar-refractivity contribution in [2.45, 2.75) is 56.4 Å². The van der Waals surface area contributed by atoms with Crippen molar-refractivity contribution in [2.24, 2.45) is 4.99 Å². The third-order valence-corrected chi connectivity index (χ3v) is 8.38. The van der Waals surface area contributed by atoms with Crippen LogP contribution in [0.2, 0.25) is 5.02 Å². The fraction of sp³-hybridized carbons (Fsp3) is 0.611. The Morgan fingerprint density at radius 1 is 1.39 bits per heavy atom. The number of nitrogens with one attached hydrogen (secondary N) is 1. The number of amidine groups is 1. The topological polar surface area (TPSA) is 94.1 Å². The third kappa shape index (κ3) is 4.11. The van der Waals surface area contributed by atoms with Crippen molar-refractivity contribution in [2.75, 3.05) is 12.9 Å². The van der Waals surface area contributed by atoms with E-state index in [0.29, 0.717) is 39.2 Å². The molecule has 2 unspecified atom stereocenters. The molecule has 0 aromatic carbocycles. The first-order valence-corrected chi connectivity index (χ1v) is 11.4. The fourth-order valence-corrected chi connectivity index (χ4v) is 6.62. The van der Waals surface area contributed by atoms with Crippen LogP contribution in [0.5, 0.6) is 0 Å². The minimum atomic E-state index is -1.24. The molecule has 28 heavy (non-hydrogen) atoms. The van der Waals surface area contributed by atoms with E-state index < -0.39 is 39.3 Å². The number of aliphatic imine (C=N–C) groups is 1. The lowest BCUT2D eigenvalue weighted by atomic mass is 9.82. The van der Waals surface area contributed by atoms with E-state index in [1.165, 1.54) is 24.5 Å². The Bertz CT molecular complexity index is 855. The molecule has 1 aromatic rings. The van der Waals surface area contributed by atoms with Crippen molar-refractivity contribution in [1.29, 1.82) is 0 Å². The Kier molecular flexibility index (Phi) is 5.89. The number of alkyl carbamates (subject to hydrolysis) is 1. The molecule has 0 bridgehead atoms. The van der Waals surface area contributed by atoms with E-state index in [1.54, 1.807) is 20.8 Å². The first-order chi connectivity index (χ1) is 13.1. The summed E-state index contributed by atoms with van der Waals surface area (Å²) in [6.45, 7) is 5.32. The standard InChI is InChI=1S/C18H23ClN2O5S2/c1-17(2,3)26-16(23)21-15-18(6-5-7-18)28(24)9-11(20-15)13-10(19)8-12(27-13)14(22)25-4/h8,11H,5-7,9H2,1-4H3,(H,20,21,23). The van der Waals surface area contributed by atoms with Crippen LogP contribution in [0, 0.1) is 0 Å². The Balaban J connectivity index is 1.92. The van der Waals surface area contributed by atoms with Crippen LogP contribution in [0.3, 0.4) is 0 Å². The van der Waals surface area contributed by atoms with Crippen LogP contribution >= 0.6 is 22.9 Å². The Morgan fingerprint density at radius 3 is 2.61 bits per heavy atom. The molecule has 1 aliphatic heterocycles. The minimum Gasteiger partial charge on any atom is -0.465 e. The Hall–Kier alpha value is -1.45. The van der Waals surface area contributed by atoms with Gasteiger partial charge in [-0.15, -0.1) is 11.3 Å². The molecule has 1 fully saturated rings. The SMILES string of the molecule is COC(=O)c1cc(Cl)c(C2CS(=O)C3(CCC3)C(NC(=O)OC(C)(C)C)=N2)s1. The number of amides is 1. The van der Waals surface area contributed by atoms with Gasteiger partial charge in [-0.05, 0) is 46.1 Å². The molecular formula is C18H23ClN2O5S2. The molecule has 1 N–H and O–H groups in total. The fourth-order valence-electron chi connectivity index (χ4n) is 3.18. The van der Waals surface area contributed by atoms with Crippen molar-refractivity contribution < 1.29 is 23.3 Å². The summed E-state index contributed by atoms with van der Waals surface area (Å²) in [6, 6.07) is 1.02. The van der Waals surface area contributed by atoms with Crippen molar-refractivity contribution in [1.82, 2.24) is 5.32 Å². The number of hydrogen-bond acceptors (Lipinski definition) is 7. The zero-order chi connectivity index (χ0) is 20.7. The van der Waals surface area contributed by atoms with Crippen molar-refractivity contribution >= 4 is 51.6 Å². The molecule has 0 radical (unpaired) electrons. The van der Waals surface area contributed by atoms with Gasteiger partial charge in [-0.1, -0.05) is 11.6 Å². The predicted molar refractivity (Wildman–Crippen MR) is 110 cm³/mol. The van der Waals surface area contributed by atoms with Crippen LogP contribution in [0.1, 0.15) is 60.6 Å². The molecule has 0 saturated heterocycles. The number of methoxy groups -OCH3 is 1. The van der Waals surface area contributed by atoms with Gasteiger partial charge in [0, 0.05) is 15.7 Å². The molecule has 10 heteroatoms. The van der Waals surface area contributed by atoms with Crippen molar-refractivity contribution in [3.05, 3.63) is 20.8 Å². The minimum absolute atomic E-state index is 0.292. The molecule has 2 heterocycles. The maximum absolute atomic E-state index is 13.1. The molecule has 1 spiro atoms. The summed E-state index contributed by atoms with van der Waals surface area (Å²) in [4.78, 5) is 29.8. The quantitative estimate of drug-likeness (QED) is 0.696. The molecule has 3 rings (SSSR count). The Morgan fingerprint density at radius 2 is 2.07 bits per heavy atom. The number of esters is 1. The van der Waals surface area contributed by atoms with Gasteiger partial charge in [0.15, 0.2) is 0 Å². The third-order valence-electron chi connectivity index (χ3n) is 4.64. The van der Waals surface area contributed by atoms with E-state index in [-0.39, 0.29) is 0 Å². The molecule has 1 saturated carbocycles. The summed E-state index contributed by atoms with van der Waals surface area (Å²) in [5, 5.41) is 3.10. The lowest BCUT2D eigenvalue weighted by Gasteiger charge is -2.44. The van der Waals surface area contributed by atoms with Gasteiger partial charge in [0.1, 0.15) is 21.1 Å². The second-order valence-electron chi connectivity index (χ2n) is 7.79. The molecule has 1 amide bonds. The number of hydrogen-bond donors (Lipinski definition) is 1. The predicted octanol–water partition coefficient (Wildman–Crippen LogP) is 3.84. The molecular weight excluding hydrogens is 424 g/mol. The number of nitrogens with zero attached hydrogens (tertiary/aromatic N) is 1. The molecule has 1 aromatic heterocycles. The smallest absolute Gasteiger partial charge is 0.413 e. The molecule has 2 atom stereocenters. The summed E-state index contributed by atoms with van der Waals surface area (Å²) in [5.41, 5.74) is -0.656.